The van der Waals surface area contributed by atoms with Crippen LogP contribution in [0.1, 0.15) is 13.8 Å². The van der Waals surface area contributed by atoms with E-state index in [1.54, 1.807) is 0 Å². The van der Waals surface area contributed by atoms with Crippen LogP contribution in [0.15, 0.2) is 0 Å². The van der Waals surface area contributed by atoms with Gasteiger partial charge in [0.25, 0.3) is 11.8 Å². The van der Waals surface area contributed by atoms with Crippen molar-refractivity contribution in [2.75, 3.05) is 11.5 Å². The molecule has 6 nitrogen and oxygen atoms in total. The minimum atomic E-state index is -0.658. The van der Waals surface area contributed by atoms with Gasteiger partial charge >= 0.3 is 0 Å². The molecule has 0 aromatic rings. The number of amides is 2. The Morgan fingerprint density at radius 1 is 0.938 bits per heavy atom. The summed E-state index contributed by atoms with van der Waals surface area (Å²) in [4.78, 5) is 43.6. The van der Waals surface area contributed by atoms with E-state index in [0.29, 0.717) is 5.01 Å². The van der Waals surface area contributed by atoms with Crippen LogP contribution in [-0.2, 0) is 19.2 Å². The number of carbonyl (C=O) groups excluding carboxylic acids is 4. The van der Waals surface area contributed by atoms with Crippen LogP contribution < -0.4 is 5.84 Å². The Balaban J connectivity index is 4.06. The zero-order chi connectivity index (χ0) is 12.7. The third kappa shape index (κ3) is 6.59. The van der Waals surface area contributed by atoms with Gasteiger partial charge in [0.05, 0.1) is 11.5 Å². The lowest BCUT2D eigenvalue weighted by Crippen LogP contribution is -2.44. The quantitative estimate of drug-likeness (QED) is 0.425. The van der Waals surface area contributed by atoms with Crippen LogP contribution in [0, 0.1) is 0 Å². The third-order valence-electron chi connectivity index (χ3n) is 1.34. The van der Waals surface area contributed by atoms with Crippen LogP contribution in [0.2, 0.25) is 0 Å². The van der Waals surface area contributed by atoms with E-state index in [1.165, 1.54) is 13.8 Å². The molecule has 0 fully saturated rings. The molecule has 16 heavy (non-hydrogen) atoms. The molecule has 0 spiro atoms. The Bertz CT molecular complexity index is 289. The van der Waals surface area contributed by atoms with E-state index in [4.69, 9.17) is 5.84 Å². The number of nitrogens with zero attached hydrogens (tertiary/aromatic N) is 1. The largest absolute Gasteiger partial charge is 0.288 e. The highest BCUT2D eigenvalue weighted by Gasteiger charge is 2.18. The summed E-state index contributed by atoms with van der Waals surface area (Å²) in [7, 11) is 0. The maximum Gasteiger partial charge on any atom is 0.254 e. The minimum Gasteiger partial charge on any atom is -0.288 e. The molecule has 0 saturated heterocycles. The van der Waals surface area contributed by atoms with E-state index < -0.39 is 11.8 Å². The first-order chi connectivity index (χ1) is 7.34. The number of rotatable bonds is 4. The van der Waals surface area contributed by atoms with E-state index in [0.717, 1.165) is 23.5 Å². The van der Waals surface area contributed by atoms with E-state index in [9.17, 15) is 19.2 Å². The maximum atomic E-state index is 11.2. The highest BCUT2D eigenvalue weighted by Crippen LogP contribution is 2.05. The van der Waals surface area contributed by atoms with Crippen LogP contribution in [0.4, 0.5) is 0 Å². The number of hydrogen-bond acceptors (Lipinski definition) is 7. The Morgan fingerprint density at radius 3 is 1.50 bits per heavy atom. The van der Waals surface area contributed by atoms with Crippen molar-refractivity contribution >= 4 is 45.6 Å². The molecule has 0 aliphatic rings. The van der Waals surface area contributed by atoms with Crippen molar-refractivity contribution in [3.8, 4) is 0 Å². The first-order valence-electron chi connectivity index (χ1n) is 4.21. The highest BCUT2D eigenvalue weighted by atomic mass is 32.2. The summed E-state index contributed by atoms with van der Waals surface area (Å²) >= 11 is 1.55. The minimum absolute atomic E-state index is 0.178. The van der Waals surface area contributed by atoms with Crippen LogP contribution in [0.25, 0.3) is 0 Å². The lowest BCUT2D eigenvalue weighted by molar-refractivity contribution is -0.142. The van der Waals surface area contributed by atoms with E-state index >= 15 is 0 Å². The van der Waals surface area contributed by atoms with Gasteiger partial charge in [-0.3, -0.25) is 19.2 Å². The fourth-order valence-electron chi connectivity index (χ4n) is 0.605. The van der Waals surface area contributed by atoms with Crippen LogP contribution in [-0.4, -0.2) is 38.6 Å². The van der Waals surface area contributed by atoms with Crippen molar-refractivity contribution in [3.63, 3.8) is 0 Å². The van der Waals surface area contributed by atoms with Gasteiger partial charge < -0.3 is 0 Å². The van der Waals surface area contributed by atoms with Crippen molar-refractivity contribution in [1.29, 1.82) is 0 Å². The number of imide groups is 1. The SMILES string of the molecule is CC(=O)SCC(=O)N(N)C(=O)CSC(C)=O. The average molecular weight is 264 g/mol. The topological polar surface area (TPSA) is 97.5 Å². The molecular weight excluding hydrogens is 252 g/mol. The van der Waals surface area contributed by atoms with Gasteiger partial charge in [0.2, 0.25) is 0 Å². The Morgan fingerprint density at radius 2 is 1.25 bits per heavy atom. The van der Waals surface area contributed by atoms with Gasteiger partial charge in [-0.2, -0.15) is 0 Å². The molecule has 2 N–H and O–H groups in total. The molecular formula is C8H12N2O4S2. The van der Waals surface area contributed by atoms with E-state index in [1.807, 2.05) is 0 Å². The molecule has 0 radical (unpaired) electrons. The molecule has 0 atom stereocenters. The summed E-state index contributed by atoms with van der Waals surface area (Å²) in [6, 6.07) is 0. The zero-order valence-corrected chi connectivity index (χ0v) is 10.5. The molecule has 90 valence electrons. The molecule has 2 amide bonds. The molecule has 0 saturated carbocycles. The van der Waals surface area contributed by atoms with Crippen LogP contribution in [0.5, 0.6) is 0 Å². The summed E-state index contributed by atoms with van der Waals surface area (Å²) in [6.07, 6.45) is 0. The Labute approximate surface area is 101 Å². The fourth-order valence-corrected chi connectivity index (χ4v) is 1.54. The molecule has 0 aromatic heterocycles. The molecule has 8 heteroatoms. The zero-order valence-electron chi connectivity index (χ0n) is 8.89. The van der Waals surface area contributed by atoms with Crippen LogP contribution >= 0.6 is 23.5 Å². The summed E-state index contributed by atoms with van der Waals surface area (Å²) in [5, 5.41) is -0.0223. The van der Waals surface area contributed by atoms with Crippen molar-refractivity contribution < 1.29 is 19.2 Å². The summed E-state index contributed by atoms with van der Waals surface area (Å²) < 4.78 is 0. The number of thioether (sulfide) groups is 2. The van der Waals surface area contributed by atoms with Gasteiger partial charge in [-0.1, -0.05) is 23.5 Å². The van der Waals surface area contributed by atoms with Crippen molar-refractivity contribution in [2.45, 2.75) is 13.8 Å². The smallest absolute Gasteiger partial charge is 0.254 e. The lowest BCUT2D eigenvalue weighted by atomic mass is 10.6. The predicted octanol–water partition coefficient (Wildman–Crippen LogP) is -0.225. The number of nitrogens with two attached hydrogens (primary N) is 1. The number of carbonyl (C=O) groups is 4. The number of hydrazine groups is 1. The second-order valence-electron chi connectivity index (χ2n) is 2.72. The van der Waals surface area contributed by atoms with Gasteiger partial charge in [-0.25, -0.2) is 10.9 Å². The highest BCUT2D eigenvalue weighted by molar-refractivity contribution is 8.14. The lowest BCUT2D eigenvalue weighted by Gasteiger charge is -2.13. The molecule has 0 aromatic carbocycles. The Hall–Kier alpha value is -0.860. The summed E-state index contributed by atoms with van der Waals surface area (Å²) in [5.41, 5.74) is 0. The van der Waals surface area contributed by atoms with E-state index in [2.05, 4.69) is 0 Å². The average Bonchev–Trinajstić information content (AvgIpc) is 2.21. The number of hydrogen-bond donors (Lipinski definition) is 1. The van der Waals surface area contributed by atoms with Crippen LogP contribution in [0.3, 0.4) is 0 Å². The van der Waals surface area contributed by atoms with Gasteiger partial charge in [0.1, 0.15) is 0 Å². The van der Waals surface area contributed by atoms with Gasteiger partial charge in [0, 0.05) is 13.8 Å². The second-order valence-corrected chi connectivity index (χ2v) is 5.02. The molecule has 0 bridgehead atoms. The second kappa shape index (κ2) is 7.42. The third-order valence-corrected chi connectivity index (χ3v) is 2.93. The van der Waals surface area contributed by atoms with Crippen molar-refractivity contribution in [3.05, 3.63) is 0 Å². The Kier molecular flexibility index (Phi) is 7.02. The van der Waals surface area contributed by atoms with Crippen molar-refractivity contribution in [1.82, 2.24) is 5.01 Å². The molecule has 0 aliphatic heterocycles. The molecule has 0 heterocycles. The first-order valence-corrected chi connectivity index (χ1v) is 6.19. The normalized spacial score (nSPS) is 9.69. The predicted molar refractivity (Wildman–Crippen MR) is 62.3 cm³/mol. The fraction of sp³-hybridized carbons (Fsp3) is 0.500. The maximum absolute atomic E-state index is 11.2. The molecule has 0 aliphatic carbocycles. The molecule has 0 rings (SSSR count). The van der Waals surface area contributed by atoms with Crippen molar-refractivity contribution in [2.24, 2.45) is 5.84 Å². The monoisotopic (exact) mass is 264 g/mol. The summed E-state index contributed by atoms with van der Waals surface area (Å²) in [6.45, 7) is 2.62. The van der Waals surface area contributed by atoms with Gasteiger partial charge in [-0.15, -0.1) is 0 Å². The standard InChI is InChI=1S/C8H12N2O4S2/c1-5(11)15-3-7(13)10(9)8(14)4-16-6(2)12/h3-4,9H2,1-2H3. The summed E-state index contributed by atoms with van der Waals surface area (Å²) in [5.74, 6) is 3.55. The first kappa shape index (κ1) is 15.1. The van der Waals surface area contributed by atoms with Gasteiger partial charge in [0.15, 0.2) is 10.2 Å². The molecule has 0 unspecified atom stereocenters. The van der Waals surface area contributed by atoms with E-state index in [-0.39, 0.29) is 21.7 Å². The van der Waals surface area contributed by atoms with Gasteiger partial charge in [-0.05, 0) is 0 Å².